The number of nitrogens with zero attached hydrogens (tertiary/aromatic N) is 3. The summed E-state index contributed by atoms with van der Waals surface area (Å²) >= 11 is 0. The molecule has 0 unspecified atom stereocenters. The van der Waals surface area contributed by atoms with Crippen molar-refractivity contribution in [1.29, 1.82) is 0 Å². The van der Waals surface area contributed by atoms with E-state index in [4.69, 9.17) is 4.74 Å². The number of aromatic nitrogens is 4. The van der Waals surface area contributed by atoms with Gasteiger partial charge in [-0.1, -0.05) is 26.0 Å². The minimum absolute atomic E-state index is 0.141. The van der Waals surface area contributed by atoms with Crippen molar-refractivity contribution in [1.82, 2.24) is 24.8 Å². The zero-order chi connectivity index (χ0) is 19.7. The molecular weight excluding hydrogens is 354 g/mol. The van der Waals surface area contributed by atoms with E-state index in [1.165, 1.54) is 0 Å². The van der Waals surface area contributed by atoms with Crippen LogP contribution in [-0.4, -0.2) is 39.1 Å². The first-order valence-corrected chi connectivity index (χ1v) is 9.56. The molecule has 1 aliphatic rings. The van der Waals surface area contributed by atoms with Crippen LogP contribution in [0.3, 0.4) is 0 Å². The van der Waals surface area contributed by atoms with Gasteiger partial charge >= 0.3 is 0 Å². The highest BCUT2D eigenvalue weighted by atomic mass is 16.5. The molecule has 7 nitrogen and oxygen atoms in total. The first kappa shape index (κ1) is 18.3. The number of aromatic amines is 1. The number of hydrogen-bond acceptors (Lipinski definition) is 4. The molecule has 146 valence electrons. The number of carbonyl (C=O) groups excluding carboxylic acids is 1. The predicted molar refractivity (Wildman–Crippen MR) is 106 cm³/mol. The number of benzene rings is 1. The minimum Gasteiger partial charge on any atom is -0.497 e. The topological polar surface area (TPSA) is 84.8 Å². The van der Waals surface area contributed by atoms with Gasteiger partial charge in [0.1, 0.15) is 17.1 Å². The van der Waals surface area contributed by atoms with Crippen LogP contribution in [0.5, 0.6) is 5.75 Å². The number of hydrogen-bond donors (Lipinski definition) is 2. The van der Waals surface area contributed by atoms with Crippen molar-refractivity contribution in [3.8, 4) is 17.3 Å². The van der Waals surface area contributed by atoms with Crippen LogP contribution in [0.25, 0.3) is 11.5 Å². The van der Waals surface area contributed by atoms with E-state index in [0.717, 1.165) is 29.2 Å². The quantitative estimate of drug-likeness (QED) is 0.714. The maximum atomic E-state index is 12.6. The SMILES string of the molecule is COc1cccc([C@@H]2CNC(=O)c3nc(-c4cncn4CC(C)C)[nH]c3C2)c1. The maximum Gasteiger partial charge on any atom is 0.271 e. The zero-order valence-electron chi connectivity index (χ0n) is 16.4. The van der Waals surface area contributed by atoms with Crippen LogP contribution in [0.2, 0.25) is 0 Å². The van der Waals surface area contributed by atoms with Crippen molar-refractivity contribution < 1.29 is 9.53 Å². The maximum absolute atomic E-state index is 12.6. The molecule has 7 heteroatoms. The Hall–Kier alpha value is -3.09. The summed E-state index contributed by atoms with van der Waals surface area (Å²) in [5, 5.41) is 3.01. The molecule has 1 amide bonds. The summed E-state index contributed by atoms with van der Waals surface area (Å²) < 4.78 is 7.42. The molecule has 0 radical (unpaired) electrons. The van der Waals surface area contributed by atoms with E-state index in [1.54, 1.807) is 13.3 Å². The van der Waals surface area contributed by atoms with Crippen LogP contribution in [0.15, 0.2) is 36.8 Å². The van der Waals surface area contributed by atoms with Crippen molar-refractivity contribution in [3.05, 3.63) is 53.7 Å². The summed E-state index contributed by atoms with van der Waals surface area (Å²) in [6.45, 7) is 5.73. The lowest BCUT2D eigenvalue weighted by Gasteiger charge is -2.15. The average Bonchev–Trinajstić information content (AvgIpc) is 3.27. The normalized spacial score (nSPS) is 16.6. The van der Waals surface area contributed by atoms with E-state index in [9.17, 15) is 4.79 Å². The number of H-pyrrole nitrogens is 1. The Morgan fingerprint density at radius 1 is 1.36 bits per heavy atom. The third kappa shape index (κ3) is 3.52. The molecule has 0 saturated heterocycles. The van der Waals surface area contributed by atoms with E-state index in [1.807, 2.05) is 24.5 Å². The highest BCUT2D eigenvalue weighted by Gasteiger charge is 2.27. The van der Waals surface area contributed by atoms with Crippen molar-refractivity contribution in [2.75, 3.05) is 13.7 Å². The molecule has 0 spiro atoms. The molecule has 0 bridgehead atoms. The standard InChI is InChI=1S/C21H25N5O2/c1-13(2)11-26-12-22-10-18(26)20-24-17-8-15(9-23-21(27)19(17)25-20)14-5-4-6-16(7-14)28-3/h4-7,10,12-13,15H,8-9,11H2,1-3H3,(H,23,27)(H,24,25)/t15-/m0/s1. The average molecular weight is 379 g/mol. The number of rotatable bonds is 5. The number of methoxy groups -OCH3 is 1. The second-order valence-corrected chi connectivity index (χ2v) is 7.63. The summed E-state index contributed by atoms with van der Waals surface area (Å²) in [7, 11) is 1.66. The van der Waals surface area contributed by atoms with Crippen LogP contribution < -0.4 is 10.1 Å². The molecule has 1 atom stereocenters. The van der Waals surface area contributed by atoms with Gasteiger partial charge in [0, 0.05) is 24.7 Å². The van der Waals surface area contributed by atoms with Gasteiger partial charge in [-0.25, -0.2) is 9.97 Å². The Morgan fingerprint density at radius 2 is 2.21 bits per heavy atom. The summed E-state index contributed by atoms with van der Waals surface area (Å²) in [6, 6.07) is 8.00. The van der Waals surface area contributed by atoms with Crippen LogP contribution >= 0.6 is 0 Å². The molecule has 4 rings (SSSR count). The first-order chi connectivity index (χ1) is 13.5. The zero-order valence-corrected chi connectivity index (χ0v) is 16.4. The van der Waals surface area contributed by atoms with Crippen molar-refractivity contribution >= 4 is 5.91 Å². The number of imidazole rings is 2. The van der Waals surface area contributed by atoms with Gasteiger partial charge in [0.25, 0.3) is 5.91 Å². The molecule has 1 aromatic carbocycles. The van der Waals surface area contributed by atoms with Gasteiger partial charge in [0.05, 0.1) is 19.6 Å². The van der Waals surface area contributed by atoms with Gasteiger partial charge in [-0.15, -0.1) is 0 Å². The predicted octanol–water partition coefficient (Wildman–Crippen LogP) is 3.01. The lowest BCUT2D eigenvalue weighted by molar-refractivity contribution is 0.0950. The number of ether oxygens (including phenoxy) is 1. The molecule has 28 heavy (non-hydrogen) atoms. The number of amides is 1. The Balaban J connectivity index is 1.67. The molecule has 1 aliphatic heterocycles. The second-order valence-electron chi connectivity index (χ2n) is 7.63. The molecule has 0 aliphatic carbocycles. The third-order valence-corrected chi connectivity index (χ3v) is 5.04. The smallest absolute Gasteiger partial charge is 0.271 e. The highest BCUT2D eigenvalue weighted by molar-refractivity contribution is 5.94. The van der Waals surface area contributed by atoms with E-state index < -0.39 is 0 Å². The Morgan fingerprint density at radius 3 is 3.00 bits per heavy atom. The molecule has 2 aromatic heterocycles. The molecular formula is C21H25N5O2. The van der Waals surface area contributed by atoms with E-state index in [2.05, 4.69) is 44.7 Å². The Kier molecular flexibility index (Phi) is 4.90. The summed E-state index contributed by atoms with van der Waals surface area (Å²) in [5.41, 5.74) is 3.36. The van der Waals surface area contributed by atoms with Crippen LogP contribution in [0.4, 0.5) is 0 Å². The van der Waals surface area contributed by atoms with Crippen molar-refractivity contribution in [2.45, 2.75) is 32.7 Å². The summed E-state index contributed by atoms with van der Waals surface area (Å²) in [6.07, 6.45) is 4.30. The van der Waals surface area contributed by atoms with Crippen molar-refractivity contribution in [3.63, 3.8) is 0 Å². The fraction of sp³-hybridized carbons (Fsp3) is 0.381. The second kappa shape index (κ2) is 7.50. The number of carbonyl (C=O) groups is 1. The summed E-state index contributed by atoms with van der Waals surface area (Å²) in [5.74, 6) is 1.99. The number of fused-ring (bicyclic) bond motifs is 1. The summed E-state index contributed by atoms with van der Waals surface area (Å²) in [4.78, 5) is 24.9. The van der Waals surface area contributed by atoms with E-state index in [0.29, 0.717) is 30.4 Å². The van der Waals surface area contributed by atoms with E-state index in [-0.39, 0.29) is 11.8 Å². The fourth-order valence-electron chi connectivity index (χ4n) is 3.67. The Labute approximate surface area is 164 Å². The van der Waals surface area contributed by atoms with Crippen LogP contribution in [0, 0.1) is 5.92 Å². The van der Waals surface area contributed by atoms with Gasteiger partial charge in [-0.2, -0.15) is 0 Å². The largest absolute Gasteiger partial charge is 0.497 e. The monoisotopic (exact) mass is 379 g/mol. The highest BCUT2D eigenvalue weighted by Crippen LogP contribution is 2.28. The fourth-order valence-corrected chi connectivity index (χ4v) is 3.67. The molecule has 3 aromatic rings. The number of nitrogens with one attached hydrogen (secondary N) is 2. The lowest BCUT2D eigenvalue weighted by atomic mass is 9.94. The van der Waals surface area contributed by atoms with Crippen LogP contribution in [-0.2, 0) is 13.0 Å². The first-order valence-electron chi connectivity index (χ1n) is 9.56. The lowest BCUT2D eigenvalue weighted by Crippen LogP contribution is -2.26. The van der Waals surface area contributed by atoms with Gasteiger partial charge < -0.3 is 19.6 Å². The molecule has 0 fully saturated rings. The minimum atomic E-state index is -0.141. The van der Waals surface area contributed by atoms with Gasteiger partial charge in [-0.3, -0.25) is 4.79 Å². The van der Waals surface area contributed by atoms with Crippen molar-refractivity contribution in [2.24, 2.45) is 5.92 Å². The van der Waals surface area contributed by atoms with Gasteiger partial charge in [-0.05, 0) is 30.0 Å². The molecule has 0 saturated carbocycles. The molecule has 3 heterocycles. The van der Waals surface area contributed by atoms with Gasteiger partial charge in [0.2, 0.25) is 0 Å². The molecule has 2 N–H and O–H groups in total. The van der Waals surface area contributed by atoms with E-state index >= 15 is 0 Å². The van der Waals surface area contributed by atoms with Gasteiger partial charge in [0.15, 0.2) is 5.82 Å². The van der Waals surface area contributed by atoms with Crippen LogP contribution in [0.1, 0.15) is 41.5 Å². The third-order valence-electron chi connectivity index (χ3n) is 5.04. The Bertz CT molecular complexity index is 988.